The molecule has 0 saturated heterocycles. The maximum atomic E-state index is 12.3. The zero-order valence-corrected chi connectivity index (χ0v) is 21.9. The van der Waals surface area contributed by atoms with Crippen LogP contribution in [0.1, 0.15) is 15.9 Å². The zero-order valence-electron chi connectivity index (χ0n) is 17.2. The van der Waals surface area contributed by atoms with Crippen molar-refractivity contribution in [2.24, 2.45) is 5.10 Å². The number of halogens is 3. The second-order valence-corrected chi connectivity index (χ2v) is 9.07. The predicted octanol–water partition coefficient (Wildman–Crippen LogP) is 5.73. The number of ether oxygens (including phenoxy) is 3. The molecule has 7 nitrogen and oxygen atoms in total. The van der Waals surface area contributed by atoms with Crippen LogP contribution in [0.2, 0.25) is 0 Å². The molecule has 0 aliphatic carbocycles. The van der Waals surface area contributed by atoms with E-state index in [0.29, 0.717) is 31.6 Å². The van der Waals surface area contributed by atoms with E-state index in [1.807, 2.05) is 18.2 Å². The van der Waals surface area contributed by atoms with E-state index in [4.69, 9.17) is 14.2 Å². The fraction of sp³-hybridized carbons (Fsp3) is 0.0870. The van der Waals surface area contributed by atoms with Crippen molar-refractivity contribution in [2.75, 3.05) is 13.7 Å². The maximum absolute atomic E-state index is 12.3. The van der Waals surface area contributed by atoms with Crippen molar-refractivity contribution in [1.82, 2.24) is 5.43 Å². The fourth-order valence-electron chi connectivity index (χ4n) is 2.60. The molecular weight excluding hydrogens is 624 g/mol. The standard InChI is InChI=1S/C23H17Br3N2O5/c1-31-20-9-14(7-8-19(20)33-23(30)15-5-3-2-4-6-15)12-27-28-21(29)13-32-22-17(25)10-16(24)11-18(22)26/h2-12H,13H2,1H3,(H,28,29). The lowest BCUT2D eigenvalue weighted by Gasteiger charge is -2.10. The van der Waals surface area contributed by atoms with Crippen molar-refractivity contribution in [3.05, 3.63) is 85.2 Å². The van der Waals surface area contributed by atoms with Crippen LogP contribution in [0.5, 0.6) is 17.2 Å². The number of benzene rings is 3. The van der Waals surface area contributed by atoms with Gasteiger partial charge in [0.1, 0.15) is 5.75 Å². The van der Waals surface area contributed by atoms with E-state index in [9.17, 15) is 9.59 Å². The summed E-state index contributed by atoms with van der Waals surface area (Å²) in [4.78, 5) is 24.3. The van der Waals surface area contributed by atoms with Crippen LogP contribution < -0.4 is 19.6 Å². The molecule has 0 saturated carbocycles. The molecule has 0 fully saturated rings. The quantitative estimate of drug-likeness (QED) is 0.147. The number of carbonyl (C=O) groups is 2. The second kappa shape index (κ2) is 12.0. The molecule has 33 heavy (non-hydrogen) atoms. The average molecular weight is 641 g/mol. The number of hydrogen-bond donors (Lipinski definition) is 1. The minimum atomic E-state index is -0.494. The Hall–Kier alpha value is -2.69. The summed E-state index contributed by atoms with van der Waals surface area (Å²) in [5.41, 5.74) is 3.46. The summed E-state index contributed by atoms with van der Waals surface area (Å²) in [6.45, 7) is -0.228. The highest BCUT2D eigenvalue weighted by atomic mass is 79.9. The highest BCUT2D eigenvalue weighted by Crippen LogP contribution is 2.36. The largest absolute Gasteiger partial charge is 0.493 e. The summed E-state index contributed by atoms with van der Waals surface area (Å²) in [6, 6.07) is 17.2. The molecule has 0 heterocycles. The Morgan fingerprint density at radius 2 is 1.67 bits per heavy atom. The normalized spacial score (nSPS) is 10.7. The van der Waals surface area contributed by atoms with E-state index >= 15 is 0 Å². The van der Waals surface area contributed by atoms with Gasteiger partial charge in [-0.25, -0.2) is 10.2 Å². The monoisotopic (exact) mass is 638 g/mol. The van der Waals surface area contributed by atoms with Gasteiger partial charge in [-0.15, -0.1) is 0 Å². The molecule has 0 aliphatic heterocycles. The van der Waals surface area contributed by atoms with E-state index in [1.54, 1.807) is 42.5 Å². The predicted molar refractivity (Wildman–Crippen MR) is 135 cm³/mol. The maximum Gasteiger partial charge on any atom is 0.343 e. The van der Waals surface area contributed by atoms with Crippen LogP contribution in [0.25, 0.3) is 0 Å². The molecule has 10 heteroatoms. The van der Waals surface area contributed by atoms with Crippen molar-refractivity contribution in [3.8, 4) is 17.2 Å². The summed E-state index contributed by atoms with van der Waals surface area (Å²) < 4.78 is 18.5. The molecule has 0 bridgehead atoms. The Balaban J connectivity index is 1.57. The van der Waals surface area contributed by atoms with Gasteiger partial charge in [0, 0.05) is 4.47 Å². The number of hydrogen-bond acceptors (Lipinski definition) is 6. The molecule has 1 amide bonds. The summed E-state index contributed by atoms with van der Waals surface area (Å²) in [6.07, 6.45) is 1.44. The van der Waals surface area contributed by atoms with Gasteiger partial charge in [0.05, 0.1) is 27.8 Å². The molecule has 3 aromatic rings. The van der Waals surface area contributed by atoms with Gasteiger partial charge in [0.2, 0.25) is 0 Å². The van der Waals surface area contributed by atoms with Crippen molar-refractivity contribution in [1.29, 1.82) is 0 Å². The Morgan fingerprint density at radius 1 is 0.970 bits per heavy atom. The smallest absolute Gasteiger partial charge is 0.343 e. The Kier molecular flexibility index (Phi) is 9.04. The molecular formula is C23H17Br3N2O5. The highest BCUT2D eigenvalue weighted by Gasteiger charge is 2.13. The lowest BCUT2D eigenvalue weighted by Crippen LogP contribution is -2.24. The van der Waals surface area contributed by atoms with Crippen molar-refractivity contribution in [3.63, 3.8) is 0 Å². The van der Waals surface area contributed by atoms with Crippen molar-refractivity contribution < 1.29 is 23.8 Å². The van der Waals surface area contributed by atoms with Crippen LogP contribution in [0.15, 0.2) is 79.2 Å². The van der Waals surface area contributed by atoms with Crippen LogP contribution in [0.3, 0.4) is 0 Å². The lowest BCUT2D eigenvalue weighted by atomic mass is 10.2. The first-order valence-corrected chi connectivity index (χ1v) is 11.8. The third-order valence-electron chi connectivity index (χ3n) is 4.11. The molecule has 0 aliphatic rings. The minimum Gasteiger partial charge on any atom is -0.493 e. The third-order valence-corrected chi connectivity index (χ3v) is 5.75. The third kappa shape index (κ3) is 7.15. The van der Waals surface area contributed by atoms with Crippen molar-refractivity contribution >= 4 is 65.9 Å². The first-order chi connectivity index (χ1) is 15.9. The number of rotatable bonds is 8. The topological polar surface area (TPSA) is 86.2 Å². The van der Waals surface area contributed by atoms with Crippen LogP contribution in [0, 0.1) is 0 Å². The Labute approximate surface area is 215 Å². The van der Waals surface area contributed by atoms with Gasteiger partial charge in [-0.2, -0.15) is 5.10 Å². The summed E-state index contributed by atoms with van der Waals surface area (Å²) in [5.74, 6) is 0.192. The summed E-state index contributed by atoms with van der Waals surface area (Å²) >= 11 is 10.2. The number of amides is 1. The molecule has 3 rings (SSSR count). The average Bonchev–Trinajstić information content (AvgIpc) is 2.79. The van der Waals surface area contributed by atoms with Gasteiger partial charge < -0.3 is 14.2 Å². The molecule has 0 spiro atoms. The SMILES string of the molecule is COc1cc(C=NNC(=O)COc2c(Br)cc(Br)cc2Br)ccc1OC(=O)c1ccccc1. The summed E-state index contributed by atoms with van der Waals surface area (Å²) in [5, 5.41) is 3.93. The Morgan fingerprint density at radius 3 is 2.33 bits per heavy atom. The fourth-order valence-corrected chi connectivity index (χ4v) is 5.09. The lowest BCUT2D eigenvalue weighted by molar-refractivity contribution is -0.123. The van der Waals surface area contributed by atoms with Gasteiger partial charge in [-0.05, 0) is 79.9 Å². The highest BCUT2D eigenvalue weighted by molar-refractivity contribution is 9.11. The van der Waals surface area contributed by atoms with Crippen LogP contribution >= 0.6 is 47.8 Å². The van der Waals surface area contributed by atoms with E-state index in [2.05, 4.69) is 58.3 Å². The van der Waals surface area contributed by atoms with Gasteiger partial charge >= 0.3 is 5.97 Å². The van der Waals surface area contributed by atoms with Gasteiger partial charge in [0.25, 0.3) is 5.91 Å². The first kappa shape index (κ1) is 24.9. The van der Waals surface area contributed by atoms with E-state index < -0.39 is 11.9 Å². The zero-order chi connectivity index (χ0) is 23.8. The van der Waals surface area contributed by atoms with E-state index in [0.717, 1.165) is 4.47 Å². The van der Waals surface area contributed by atoms with Gasteiger partial charge in [-0.3, -0.25) is 4.79 Å². The number of carbonyl (C=O) groups excluding carboxylic acids is 2. The number of nitrogens with zero attached hydrogens (tertiary/aromatic N) is 1. The summed E-state index contributed by atoms with van der Waals surface area (Å²) in [7, 11) is 1.47. The molecule has 0 unspecified atom stereocenters. The van der Waals surface area contributed by atoms with Crippen LogP contribution in [-0.4, -0.2) is 31.8 Å². The Bertz CT molecular complexity index is 1160. The molecule has 3 aromatic carbocycles. The van der Waals surface area contributed by atoms with Gasteiger partial charge in [0.15, 0.2) is 18.1 Å². The molecule has 170 valence electrons. The van der Waals surface area contributed by atoms with Crippen LogP contribution in [0.4, 0.5) is 0 Å². The molecule has 0 aromatic heterocycles. The molecule has 0 radical (unpaired) electrons. The van der Waals surface area contributed by atoms with Crippen molar-refractivity contribution in [2.45, 2.75) is 0 Å². The first-order valence-electron chi connectivity index (χ1n) is 9.42. The number of nitrogens with one attached hydrogen (secondary N) is 1. The molecule has 1 N–H and O–H groups in total. The molecule has 0 atom stereocenters. The van der Waals surface area contributed by atoms with Gasteiger partial charge in [-0.1, -0.05) is 34.1 Å². The number of esters is 1. The van der Waals surface area contributed by atoms with E-state index in [-0.39, 0.29) is 12.4 Å². The van der Waals surface area contributed by atoms with E-state index in [1.165, 1.54) is 13.3 Å². The second-order valence-electron chi connectivity index (χ2n) is 6.45. The minimum absolute atomic E-state index is 0.228. The van der Waals surface area contributed by atoms with Crippen LogP contribution in [-0.2, 0) is 4.79 Å². The number of methoxy groups -OCH3 is 1. The number of hydrazone groups is 1.